The minimum atomic E-state index is -0.496. The molecule has 1 N–H and O–H groups in total. The molecule has 1 aromatic rings. The molecule has 1 aromatic carbocycles. The first kappa shape index (κ1) is 15.1. The van der Waals surface area contributed by atoms with Gasteiger partial charge in [0.05, 0.1) is 0 Å². The number of nitrogens with one attached hydrogen (secondary N) is 1. The number of carbonyl (C=O) groups is 2. The minimum Gasteiger partial charge on any atom is -0.456 e. The molecular weight excluding hydrogens is 264 g/mol. The van der Waals surface area contributed by atoms with Crippen LogP contribution in [0.1, 0.15) is 18.1 Å². The fraction of sp³-hybridized carbons (Fsp3) is 0.308. The number of aryl methyl sites for hydroxylation is 2. The van der Waals surface area contributed by atoms with E-state index in [0.717, 1.165) is 27.8 Å². The van der Waals surface area contributed by atoms with Gasteiger partial charge in [0.15, 0.2) is 6.61 Å². The lowest BCUT2D eigenvalue weighted by Gasteiger charge is -2.12. The van der Waals surface area contributed by atoms with Crippen LogP contribution >= 0.6 is 11.8 Å². The SMILES string of the molecule is CC(=O)OCC(=O)Nc1c(C)cc(SC#N)cc1C. The maximum Gasteiger partial charge on any atom is 0.303 e. The third-order valence-corrected chi connectivity index (χ3v) is 2.90. The summed E-state index contributed by atoms with van der Waals surface area (Å²) >= 11 is 1.07. The smallest absolute Gasteiger partial charge is 0.303 e. The Kier molecular flexibility index (Phi) is 5.39. The third kappa shape index (κ3) is 4.64. The number of ether oxygens (including phenoxy) is 1. The minimum absolute atomic E-state index is 0.303. The van der Waals surface area contributed by atoms with Crippen LogP contribution in [0, 0.1) is 24.5 Å². The lowest BCUT2D eigenvalue weighted by atomic mass is 10.1. The molecule has 0 aliphatic rings. The molecule has 1 rings (SSSR count). The summed E-state index contributed by atoms with van der Waals surface area (Å²) in [6, 6.07) is 3.64. The van der Waals surface area contributed by atoms with E-state index in [4.69, 9.17) is 5.26 Å². The zero-order chi connectivity index (χ0) is 14.4. The Morgan fingerprint density at radius 1 is 1.37 bits per heavy atom. The van der Waals surface area contributed by atoms with Gasteiger partial charge in [0, 0.05) is 17.5 Å². The largest absolute Gasteiger partial charge is 0.456 e. The van der Waals surface area contributed by atoms with E-state index in [-0.39, 0.29) is 12.5 Å². The molecule has 0 spiro atoms. The first-order chi connectivity index (χ1) is 8.93. The van der Waals surface area contributed by atoms with Crippen molar-refractivity contribution in [2.45, 2.75) is 25.7 Å². The molecule has 0 saturated carbocycles. The number of anilines is 1. The summed E-state index contributed by atoms with van der Waals surface area (Å²) in [6.45, 7) is 4.63. The second-order valence-corrected chi connectivity index (χ2v) is 4.81. The number of benzene rings is 1. The van der Waals surface area contributed by atoms with Gasteiger partial charge >= 0.3 is 5.97 Å². The first-order valence-electron chi connectivity index (χ1n) is 5.54. The molecule has 19 heavy (non-hydrogen) atoms. The molecule has 0 heterocycles. The number of thiocyanates is 1. The number of hydrogen-bond acceptors (Lipinski definition) is 5. The van der Waals surface area contributed by atoms with Crippen molar-refractivity contribution in [2.24, 2.45) is 0 Å². The molecule has 0 unspecified atom stereocenters. The molecule has 0 aliphatic heterocycles. The molecule has 0 atom stereocenters. The molecular formula is C13H14N2O3S. The topological polar surface area (TPSA) is 79.2 Å². The highest BCUT2D eigenvalue weighted by Crippen LogP contribution is 2.27. The van der Waals surface area contributed by atoms with Crippen molar-refractivity contribution in [1.82, 2.24) is 0 Å². The van der Waals surface area contributed by atoms with Gasteiger partial charge in [-0.3, -0.25) is 9.59 Å². The third-order valence-electron chi connectivity index (χ3n) is 2.34. The fourth-order valence-electron chi connectivity index (χ4n) is 1.58. The van der Waals surface area contributed by atoms with Gasteiger partial charge < -0.3 is 10.1 Å². The first-order valence-corrected chi connectivity index (χ1v) is 6.36. The Morgan fingerprint density at radius 2 is 1.95 bits per heavy atom. The normalized spacial score (nSPS) is 9.58. The highest BCUT2D eigenvalue weighted by molar-refractivity contribution is 8.03. The number of nitrogens with zero attached hydrogens (tertiary/aromatic N) is 1. The van der Waals surface area contributed by atoms with Crippen LogP contribution in [-0.2, 0) is 14.3 Å². The van der Waals surface area contributed by atoms with Crippen LogP contribution in [0.5, 0.6) is 0 Å². The van der Waals surface area contributed by atoms with Gasteiger partial charge in [0.1, 0.15) is 5.40 Å². The van der Waals surface area contributed by atoms with Gasteiger partial charge in [-0.25, -0.2) is 0 Å². The standard InChI is InChI=1S/C13H14N2O3S/c1-8-4-11(19-7-14)5-9(2)13(8)15-12(17)6-18-10(3)16/h4-5H,6H2,1-3H3,(H,15,17). The van der Waals surface area contributed by atoms with Crippen LogP contribution in [-0.4, -0.2) is 18.5 Å². The second kappa shape index (κ2) is 6.81. The zero-order valence-electron chi connectivity index (χ0n) is 10.9. The Hall–Kier alpha value is -2.00. The Morgan fingerprint density at radius 3 is 2.42 bits per heavy atom. The number of hydrogen-bond donors (Lipinski definition) is 1. The second-order valence-electron chi connectivity index (χ2n) is 3.95. The van der Waals surface area contributed by atoms with Crippen molar-refractivity contribution in [3.8, 4) is 5.40 Å². The van der Waals surface area contributed by atoms with Crippen LogP contribution in [0.15, 0.2) is 17.0 Å². The highest BCUT2D eigenvalue weighted by Gasteiger charge is 2.10. The maximum absolute atomic E-state index is 11.6. The lowest BCUT2D eigenvalue weighted by molar-refractivity contribution is -0.144. The molecule has 5 nitrogen and oxygen atoms in total. The number of carbonyl (C=O) groups excluding carboxylic acids is 2. The van der Waals surface area contributed by atoms with Gasteiger partial charge in [-0.2, -0.15) is 5.26 Å². The predicted octanol–water partition coefficient (Wildman–Crippen LogP) is 2.38. The monoisotopic (exact) mass is 278 g/mol. The van der Waals surface area contributed by atoms with Crippen molar-refractivity contribution in [3.05, 3.63) is 23.3 Å². The lowest BCUT2D eigenvalue weighted by Crippen LogP contribution is -2.20. The van der Waals surface area contributed by atoms with E-state index in [2.05, 4.69) is 10.1 Å². The van der Waals surface area contributed by atoms with E-state index in [0.29, 0.717) is 5.69 Å². The average Bonchev–Trinajstić information content (AvgIpc) is 2.31. The van der Waals surface area contributed by atoms with Crippen molar-refractivity contribution in [1.29, 1.82) is 5.26 Å². The predicted molar refractivity (Wildman–Crippen MR) is 72.6 cm³/mol. The van der Waals surface area contributed by atoms with Crippen LogP contribution in [0.3, 0.4) is 0 Å². The van der Waals surface area contributed by atoms with Crippen molar-refractivity contribution in [3.63, 3.8) is 0 Å². The summed E-state index contributed by atoms with van der Waals surface area (Å²) in [5, 5.41) is 13.3. The molecule has 0 radical (unpaired) electrons. The summed E-state index contributed by atoms with van der Waals surface area (Å²) in [4.78, 5) is 23.0. The molecule has 1 amide bonds. The summed E-state index contributed by atoms with van der Waals surface area (Å²) in [6.07, 6.45) is 0. The summed E-state index contributed by atoms with van der Waals surface area (Å²) in [7, 11) is 0. The summed E-state index contributed by atoms with van der Waals surface area (Å²) in [5.41, 5.74) is 2.39. The number of thioether (sulfide) groups is 1. The van der Waals surface area contributed by atoms with E-state index in [9.17, 15) is 9.59 Å². The van der Waals surface area contributed by atoms with Gasteiger partial charge in [0.25, 0.3) is 5.91 Å². The Balaban J connectivity index is 2.81. The maximum atomic E-state index is 11.6. The van der Waals surface area contributed by atoms with Gasteiger partial charge in [0.2, 0.25) is 0 Å². The van der Waals surface area contributed by atoms with Gasteiger partial charge in [-0.1, -0.05) is 0 Å². The van der Waals surface area contributed by atoms with E-state index in [1.54, 1.807) is 0 Å². The quantitative estimate of drug-likeness (QED) is 0.519. The highest BCUT2D eigenvalue weighted by atomic mass is 32.2. The van der Waals surface area contributed by atoms with Crippen molar-refractivity contribution in [2.75, 3.05) is 11.9 Å². The molecule has 0 aromatic heterocycles. The summed E-state index contributed by atoms with van der Waals surface area (Å²) in [5.74, 6) is -0.883. The number of rotatable bonds is 4. The van der Waals surface area contributed by atoms with E-state index >= 15 is 0 Å². The van der Waals surface area contributed by atoms with Crippen molar-refractivity contribution < 1.29 is 14.3 Å². The molecule has 0 bridgehead atoms. The number of esters is 1. The van der Waals surface area contributed by atoms with Crippen LogP contribution in [0.25, 0.3) is 0 Å². The summed E-state index contributed by atoms with van der Waals surface area (Å²) < 4.78 is 4.62. The average molecular weight is 278 g/mol. The molecule has 0 fully saturated rings. The van der Waals surface area contributed by atoms with Crippen LogP contribution < -0.4 is 5.32 Å². The van der Waals surface area contributed by atoms with E-state index in [1.807, 2.05) is 31.4 Å². The van der Waals surface area contributed by atoms with Gasteiger partial charge in [-0.05, 0) is 48.9 Å². The molecule has 0 aliphatic carbocycles. The Labute approximate surface area is 115 Å². The van der Waals surface area contributed by atoms with Gasteiger partial charge in [-0.15, -0.1) is 0 Å². The molecule has 6 heteroatoms. The zero-order valence-corrected chi connectivity index (χ0v) is 11.8. The van der Waals surface area contributed by atoms with Crippen molar-refractivity contribution >= 4 is 29.3 Å². The van der Waals surface area contributed by atoms with E-state index < -0.39 is 5.97 Å². The fourth-order valence-corrected chi connectivity index (χ4v) is 2.15. The van der Waals surface area contributed by atoms with E-state index in [1.165, 1.54) is 6.92 Å². The molecule has 100 valence electrons. The Bertz CT molecular complexity index is 526. The number of nitriles is 1. The van der Waals surface area contributed by atoms with Crippen LogP contribution in [0.2, 0.25) is 0 Å². The molecule has 0 saturated heterocycles. The number of amides is 1. The van der Waals surface area contributed by atoms with Crippen LogP contribution in [0.4, 0.5) is 5.69 Å².